The summed E-state index contributed by atoms with van der Waals surface area (Å²) < 4.78 is 0. The number of nitrogen functional groups attached to an aromatic ring is 1. The van der Waals surface area contributed by atoms with Crippen molar-refractivity contribution in [3.8, 4) is 0 Å². The summed E-state index contributed by atoms with van der Waals surface area (Å²) in [6, 6.07) is 3.91. The van der Waals surface area contributed by atoms with E-state index in [0.29, 0.717) is 6.42 Å². The number of nitrogens with one attached hydrogen (secondary N) is 1. The number of anilines is 2. The lowest BCUT2D eigenvalue weighted by atomic mass is 10.1. The van der Waals surface area contributed by atoms with Gasteiger partial charge in [-0.25, -0.2) is 0 Å². The van der Waals surface area contributed by atoms with E-state index in [2.05, 4.69) is 12.2 Å². The first kappa shape index (κ1) is 11.3. The number of nitrogens with two attached hydrogens (primary N) is 1. The summed E-state index contributed by atoms with van der Waals surface area (Å²) in [5.74, 6) is 1.14. The Bertz CT molecular complexity index is 418. The fraction of sp³-hybridized carbons (Fsp3) is 0.417. The Balaban J connectivity index is 2.15. The Morgan fingerprint density at radius 2 is 2.31 bits per heavy atom. The van der Waals surface area contributed by atoms with Gasteiger partial charge in [0.15, 0.2) is 0 Å². The zero-order chi connectivity index (χ0) is 11.5. The number of carbonyl (C=O) groups excluding carboxylic acids is 1. The van der Waals surface area contributed by atoms with Crippen LogP contribution in [0.15, 0.2) is 17.0 Å². The summed E-state index contributed by atoms with van der Waals surface area (Å²) >= 11 is 1.76. The fourth-order valence-electron chi connectivity index (χ4n) is 1.73. The molecule has 4 heteroatoms. The van der Waals surface area contributed by atoms with Gasteiger partial charge in [0.25, 0.3) is 0 Å². The molecule has 1 aliphatic rings. The number of hydrogen-bond acceptors (Lipinski definition) is 3. The van der Waals surface area contributed by atoms with Crippen LogP contribution in [0.25, 0.3) is 0 Å². The van der Waals surface area contributed by atoms with Crippen molar-refractivity contribution >= 4 is 29.0 Å². The third-order valence-corrected chi connectivity index (χ3v) is 3.77. The lowest BCUT2D eigenvalue weighted by Gasteiger charge is -2.07. The van der Waals surface area contributed by atoms with Crippen molar-refractivity contribution in [2.75, 3.05) is 16.8 Å². The summed E-state index contributed by atoms with van der Waals surface area (Å²) in [7, 11) is 0. The molecule has 0 spiro atoms. The summed E-state index contributed by atoms with van der Waals surface area (Å²) in [4.78, 5) is 12.3. The van der Waals surface area contributed by atoms with Gasteiger partial charge in [-0.2, -0.15) is 0 Å². The number of unbranched alkanes of at least 4 members (excludes halogenated alkanes) is 1. The van der Waals surface area contributed by atoms with Crippen molar-refractivity contribution in [1.29, 1.82) is 0 Å². The molecule has 1 amide bonds. The second-order valence-corrected chi connectivity index (χ2v) is 5.11. The summed E-state index contributed by atoms with van der Waals surface area (Å²) in [6.07, 6.45) is 2.83. The molecule has 16 heavy (non-hydrogen) atoms. The average molecular weight is 236 g/mol. The predicted molar refractivity (Wildman–Crippen MR) is 68.8 cm³/mol. The number of fused-ring (bicyclic) bond motifs is 1. The number of thioether (sulfide) groups is 1. The van der Waals surface area contributed by atoms with E-state index in [1.54, 1.807) is 11.8 Å². The molecular weight excluding hydrogens is 220 g/mol. The van der Waals surface area contributed by atoms with E-state index in [0.717, 1.165) is 27.6 Å². The smallest absolute Gasteiger partial charge is 0.228 e. The Kier molecular flexibility index (Phi) is 3.39. The Morgan fingerprint density at radius 3 is 3.06 bits per heavy atom. The van der Waals surface area contributed by atoms with E-state index >= 15 is 0 Å². The summed E-state index contributed by atoms with van der Waals surface area (Å²) in [5, 5.41) is 2.85. The van der Waals surface area contributed by atoms with Crippen LogP contribution in [0.4, 0.5) is 11.4 Å². The molecule has 0 bridgehead atoms. The van der Waals surface area contributed by atoms with Crippen LogP contribution in [-0.4, -0.2) is 11.7 Å². The van der Waals surface area contributed by atoms with Crippen molar-refractivity contribution in [1.82, 2.24) is 0 Å². The monoisotopic (exact) mass is 236 g/mol. The molecule has 1 heterocycles. The maximum atomic E-state index is 11.2. The van der Waals surface area contributed by atoms with Crippen LogP contribution in [-0.2, 0) is 11.2 Å². The quantitative estimate of drug-likeness (QED) is 0.480. The molecule has 3 N–H and O–H groups in total. The van der Waals surface area contributed by atoms with Gasteiger partial charge in [-0.05, 0) is 29.9 Å². The third kappa shape index (κ3) is 2.32. The van der Waals surface area contributed by atoms with Gasteiger partial charge in [-0.1, -0.05) is 13.3 Å². The summed E-state index contributed by atoms with van der Waals surface area (Å²) in [6.45, 7) is 2.17. The number of rotatable bonds is 4. The van der Waals surface area contributed by atoms with Crippen LogP contribution in [0, 0.1) is 0 Å². The van der Waals surface area contributed by atoms with Gasteiger partial charge in [0.05, 0.1) is 6.42 Å². The Labute approximate surface area is 99.8 Å². The molecule has 0 saturated carbocycles. The number of amides is 1. The zero-order valence-electron chi connectivity index (χ0n) is 9.38. The van der Waals surface area contributed by atoms with Gasteiger partial charge in [0, 0.05) is 16.3 Å². The van der Waals surface area contributed by atoms with Crippen molar-refractivity contribution < 1.29 is 4.79 Å². The Hall–Kier alpha value is -1.16. The molecule has 1 aromatic rings. The number of carbonyl (C=O) groups is 1. The average Bonchev–Trinajstić information content (AvgIpc) is 2.58. The molecule has 0 saturated heterocycles. The van der Waals surface area contributed by atoms with Gasteiger partial charge in [0.2, 0.25) is 5.91 Å². The minimum atomic E-state index is 0.0603. The molecule has 0 aliphatic carbocycles. The molecule has 2 rings (SSSR count). The van der Waals surface area contributed by atoms with E-state index in [9.17, 15) is 4.79 Å². The summed E-state index contributed by atoms with van der Waals surface area (Å²) in [5.41, 5.74) is 8.69. The SMILES string of the molecule is CCCCSc1cc2c(cc1N)CC(=O)N2. The highest BCUT2D eigenvalue weighted by Gasteiger charge is 2.19. The Morgan fingerprint density at radius 1 is 1.50 bits per heavy atom. The van der Waals surface area contributed by atoms with Crippen molar-refractivity contribution in [2.24, 2.45) is 0 Å². The van der Waals surface area contributed by atoms with Crippen LogP contribution in [0.3, 0.4) is 0 Å². The first-order chi connectivity index (χ1) is 7.70. The molecule has 86 valence electrons. The highest BCUT2D eigenvalue weighted by Crippen LogP contribution is 2.34. The van der Waals surface area contributed by atoms with E-state index in [1.807, 2.05) is 12.1 Å². The maximum absolute atomic E-state index is 11.2. The molecule has 0 radical (unpaired) electrons. The predicted octanol–water partition coefficient (Wildman–Crippen LogP) is 2.66. The minimum absolute atomic E-state index is 0.0603. The molecule has 3 nitrogen and oxygen atoms in total. The molecular formula is C12H16N2OS. The number of benzene rings is 1. The van der Waals surface area contributed by atoms with Crippen molar-refractivity contribution in [3.05, 3.63) is 17.7 Å². The maximum Gasteiger partial charge on any atom is 0.228 e. The second-order valence-electron chi connectivity index (χ2n) is 3.97. The van der Waals surface area contributed by atoms with E-state index in [4.69, 9.17) is 5.73 Å². The van der Waals surface area contributed by atoms with Crippen molar-refractivity contribution in [3.63, 3.8) is 0 Å². The zero-order valence-corrected chi connectivity index (χ0v) is 10.2. The number of hydrogen-bond donors (Lipinski definition) is 2. The first-order valence-electron chi connectivity index (χ1n) is 5.55. The largest absolute Gasteiger partial charge is 0.398 e. The van der Waals surface area contributed by atoms with Gasteiger partial charge in [-0.3, -0.25) is 4.79 Å². The van der Waals surface area contributed by atoms with Crippen LogP contribution >= 0.6 is 11.8 Å². The van der Waals surface area contributed by atoms with Gasteiger partial charge >= 0.3 is 0 Å². The fourth-order valence-corrected chi connectivity index (χ4v) is 2.80. The van der Waals surface area contributed by atoms with Crippen LogP contribution < -0.4 is 11.1 Å². The molecule has 0 fully saturated rings. The van der Waals surface area contributed by atoms with Gasteiger partial charge < -0.3 is 11.1 Å². The topological polar surface area (TPSA) is 55.1 Å². The first-order valence-corrected chi connectivity index (χ1v) is 6.54. The highest BCUT2D eigenvalue weighted by molar-refractivity contribution is 7.99. The van der Waals surface area contributed by atoms with E-state index in [1.165, 1.54) is 12.8 Å². The van der Waals surface area contributed by atoms with Gasteiger partial charge in [-0.15, -0.1) is 11.8 Å². The molecule has 0 atom stereocenters. The van der Waals surface area contributed by atoms with Crippen molar-refractivity contribution in [2.45, 2.75) is 31.1 Å². The molecule has 1 aromatic carbocycles. The van der Waals surface area contributed by atoms with Gasteiger partial charge in [0.1, 0.15) is 0 Å². The highest BCUT2D eigenvalue weighted by atomic mass is 32.2. The molecule has 0 unspecified atom stereocenters. The standard InChI is InChI=1S/C12H16N2OS/c1-2-3-4-16-11-7-10-8(5-9(11)13)6-12(15)14-10/h5,7H,2-4,6,13H2,1H3,(H,14,15). The molecule has 1 aliphatic heterocycles. The lowest BCUT2D eigenvalue weighted by Crippen LogP contribution is -2.03. The van der Waals surface area contributed by atoms with E-state index in [-0.39, 0.29) is 5.91 Å². The van der Waals surface area contributed by atoms with Crippen LogP contribution in [0.2, 0.25) is 0 Å². The van der Waals surface area contributed by atoms with E-state index < -0.39 is 0 Å². The van der Waals surface area contributed by atoms with Crippen LogP contribution in [0.5, 0.6) is 0 Å². The lowest BCUT2D eigenvalue weighted by molar-refractivity contribution is -0.115. The minimum Gasteiger partial charge on any atom is -0.398 e. The molecule has 0 aromatic heterocycles. The van der Waals surface area contributed by atoms with Crippen LogP contribution in [0.1, 0.15) is 25.3 Å². The normalized spacial score (nSPS) is 13.7. The third-order valence-electron chi connectivity index (χ3n) is 2.62. The second kappa shape index (κ2) is 4.78.